The van der Waals surface area contributed by atoms with Crippen LogP contribution in [-0.4, -0.2) is 25.0 Å². The fraction of sp³-hybridized carbons (Fsp3) is 0.375. The van der Waals surface area contributed by atoms with Crippen LogP contribution in [0.15, 0.2) is 59.6 Å². The standard InChI is InChI=1S/C24H24N4O2/c1-4-29-24(30-5-2)23(16-26)21(3,22(23,15-25)20(27)28-24)19-13-11-18(12-14-19)17-9-7-6-8-10-17/h6-14H,4-5H2,1-3H3,(H2,27,28)/t21-,22+,23-/m1/s1. The van der Waals surface area contributed by atoms with Gasteiger partial charge in [-0.1, -0.05) is 61.5 Å². The lowest BCUT2D eigenvalue weighted by molar-refractivity contribution is -0.257. The lowest BCUT2D eigenvalue weighted by atomic mass is 9.84. The average molecular weight is 400 g/mol. The average Bonchev–Trinajstić information content (AvgIpc) is 3.20. The van der Waals surface area contributed by atoms with Crippen LogP contribution in [0.5, 0.6) is 0 Å². The van der Waals surface area contributed by atoms with E-state index in [0.29, 0.717) is 0 Å². The second-order valence-electron chi connectivity index (χ2n) is 7.74. The number of aliphatic imine (C=N–C) groups is 1. The predicted octanol–water partition coefficient (Wildman–Crippen LogP) is 3.74. The van der Waals surface area contributed by atoms with Crippen LogP contribution in [0.4, 0.5) is 0 Å². The van der Waals surface area contributed by atoms with Crippen molar-refractivity contribution in [2.24, 2.45) is 21.6 Å². The summed E-state index contributed by atoms with van der Waals surface area (Å²) in [6, 6.07) is 22.6. The van der Waals surface area contributed by atoms with Crippen molar-refractivity contribution >= 4 is 5.84 Å². The summed E-state index contributed by atoms with van der Waals surface area (Å²) in [4.78, 5) is 4.41. The number of hydrogen-bond donors (Lipinski definition) is 1. The van der Waals surface area contributed by atoms with Gasteiger partial charge in [0, 0.05) is 18.6 Å². The van der Waals surface area contributed by atoms with Gasteiger partial charge in [0.25, 0.3) is 5.91 Å². The maximum Gasteiger partial charge on any atom is 0.293 e. The van der Waals surface area contributed by atoms with E-state index in [0.717, 1.165) is 16.7 Å². The Morgan fingerprint density at radius 2 is 1.47 bits per heavy atom. The summed E-state index contributed by atoms with van der Waals surface area (Å²) in [5.74, 6) is -1.53. The van der Waals surface area contributed by atoms with Crippen LogP contribution in [0, 0.1) is 33.5 Å². The summed E-state index contributed by atoms with van der Waals surface area (Å²) in [5.41, 5.74) is 5.64. The van der Waals surface area contributed by atoms with Crippen molar-refractivity contribution in [3.63, 3.8) is 0 Å². The molecule has 0 bridgehead atoms. The fourth-order valence-electron chi connectivity index (χ4n) is 5.34. The van der Waals surface area contributed by atoms with Crippen LogP contribution in [0.3, 0.4) is 0 Å². The van der Waals surface area contributed by atoms with Crippen molar-refractivity contribution in [2.45, 2.75) is 32.1 Å². The summed E-state index contributed by atoms with van der Waals surface area (Å²) in [6.45, 7) is 6.03. The van der Waals surface area contributed by atoms with Crippen molar-refractivity contribution in [3.8, 4) is 23.3 Å². The molecule has 6 heteroatoms. The van der Waals surface area contributed by atoms with Gasteiger partial charge in [0.1, 0.15) is 5.84 Å². The van der Waals surface area contributed by atoms with Crippen molar-refractivity contribution < 1.29 is 9.47 Å². The fourth-order valence-corrected chi connectivity index (χ4v) is 5.34. The molecule has 3 atom stereocenters. The molecule has 2 N–H and O–H groups in total. The Kier molecular flexibility index (Phi) is 4.47. The molecule has 0 saturated heterocycles. The first-order chi connectivity index (χ1) is 14.4. The van der Waals surface area contributed by atoms with Gasteiger partial charge < -0.3 is 15.2 Å². The van der Waals surface area contributed by atoms with E-state index in [2.05, 4.69) is 17.1 Å². The molecular weight excluding hydrogens is 376 g/mol. The molecule has 4 rings (SSSR count). The second kappa shape index (κ2) is 6.67. The van der Waals surface area contributed by atoms with Gasteiger partial charge in [-0.05, 0) is 30.5 Å². The van der Waals surface area contributed by atoms with E-state index in [1.165, 1.54) is 0 Å². The van der Waals surface area contributed by atoms with Crippen LogP contribution in [0.1, 0.15) is 26.3 Å². The van der Waals surface area contributed by atoms with Gasteiger partial charge in [0.15, 0.2) is 10.8 Å². The minimum Gasteiger partial charge on any atom is -0.386 e. The van der Waals surface area contributed by atoms with Crippen molar-refractivity contribution in [3.05, 3.63) is 60.2 Å². The molecule has 0 unspecified atom stereocenters. The number of rotatable bonds is 6. The Bertz CT molecular complexity index is 1080. The molecule has 1 aliphatic carbocycles. The molecule has 152 valence electrons. The molecule has 1 aliphatic heterocycles. The summed E-state index contributed by atoms with van der Waals surface area (Å²) >= 11 is 0. The van der Waals surface area contributed by atoms with Gasteiger partial charge in [0.2, 0.25) is 0 Å². The van der Waals surface area contributed by atoms with E-state index in [-0.39, 0.29) is 19.0 Å². The van der Waals surface area contributed by atoms with Crippen molar-refractivity contribution in [1.29, 1.82) is 10.5 Å². The molecule has 2 aromatic rings. The summed E-state index contributed by atoms with van der Waals surface area (Å²) in [7, 11) is 0. The van der Waals surface area contributed by atoms with Gasteiger partial charge in [-0.3, -0.25) is 0 Å². The van der Waals surface area contributed by atoms with Gasteiger partial charge in [-0.2, -0.15) is 10.5 Å². The largest absolute Gasteiger partial charge is 0.386 e. The minimum absolute atomic E-state index is 0.0862. The first-order valence-electron chi connectivity index (χ1n) is 10.1. The van der Waals surface area contributed by atoms with Crippen LogP contribution in [0.25, 0.3) is 11.1 Å². The number of nitrogens with two attached hydrogens (primary N) is 1. The maximum absolute atomic E-state index is 10.4. The summed E-state index contributed by atoms with van der Waals surface area (Å²) < 4.78 is 11.8. The predicted molar refractivity (Wildman–Crippen MR) is 113 cm³/mol. The highest BCUT2D eigenvalue weighted by molar-refractivity contribution is 6.02. The van der Waals surface area contributed by atoms with Gasteiger partial charge in [-0.25, -0.2) is 4.99 Å². The van der Waals surface area contributed by atoms with E-state index < -0.39 is 22.2 Å². The number of hydrogen-bond acceptors (Lipinski definition) is 6. The van der Waals surface area contributed by atoms with E-state index >= 15 is 0 Å². The van der Waals surface area contributed by atoms with Crippen LogP contribution in [0.2, 0.25) is 0 Å². The number of nitrogens with zero attached hydrogens (tertiary/aromatic N) is 3. The molecule has 30 heavy (non-hydrogen) atoms. The highest BCUT2D eigenvalue weighted by atomic mass is 16.7. The number of nitriles is 2. The third kappa shape index (κ3) is 2.00. The molecular formula is C24H24N4O2. The molecule has 1 fully saturated rings. The maximum atomic E-state index is 10.4. The SMILES string of the molecule is CCOC1(OCC)N=C(N)[C@@]2(C#N)[C@@](C)(c3ccc(-c4ccccc4)cc3)[C@@]12C#N. The Morgan fingerprint density at radius 3 is 1.97 bits per heavy atom. The first-order valence-corrected chi connectivity index (χ1v) is 10.1. The lowest BCUT2D eigenvalue weighted by Gasteiger charge is -2.34. The van der Waals surface area contributed by atoms with E-state index in [1.807, 2.05) is 61.5 Å². The van der Waals surface area contributed by atoms with Crippen LogP contribution < -0.4 is 5.73 Å². The lowest BCUT2D eigenvalue weighted by Crippen LogP contribution is -2.46. The number of ether oxygens (including phenoxy) is 2. The van der Waals surface area contributed by atoms with Gasteiger partial charge in [-0.15, -0.1) is 0 Å². The molecule has 2 aromatic carbocycles. The Hall–Kier alpha value is -3.19. The van der Waals surface area contributed by atoms with Crippen LogP contribution in [-0.2, 0) is 14.9 Å². The van der Waals surface area contributed by atoms with Crippen molar-refractivity contribution in [1.82, 2.24) is 0 Å². The zero-order valence-corrected chi connectivity index (χ0v) is 17.3. The Balaban J connectivity index is 1.87. The third-order valence-electron chi connectivity index (χ3n) is 6.71. The van der Waals surface area contributed by atoms with E-state index in [9.17, 15) is 10.5 Å². The van der Waals surface area contributed by atoms with Crippen LogP contribution >= 0.6 is 0 Å². The molecule has 0 radical (unpaired) electrons. The quantitative estimate of drug-likeness (QED) is 0.744. The number of amidine groups is 1. The highest BCUT2D eigenvalue weighted by Crippen LogP contribution is 2.85. The topological polar surface area (TPSA) is 104 Å². The molecule has 1 saturated carbocycles. The highest BCUT2D eigenvalue weighted by Gasteiger charge is 2.99. The number of fused-ring (bicyclic) bond motifs is 1. The molecule has 2 aliphatic rings. The first kappa shape index (κ1) is 20.1. The summed E-state index contributed by atoms with van der Waals surface area (Å²) in [6.07, 6.45) is 0. The second-order valence-corrected chi connectivity index (χ2v) is 7.74. The third-order valence-corrected chi connectivity index (χ3v) is 6.71. The monoisotopic (exact) mass is 400 g/mol. The number of benzene rings is 2. The normalized spacial score (nSPS) is 30.6. The van der Waals surface area contributed by atoms with E-state index in [4.69, 9.17) is 15.2 Å². The summed E-state index contributed by atoms with van der Waals surface area (Å²) in [5, 5.41) is 20.7. The zero-order chi connectivity index (χ0) is 21.6. The van der Waals surface area contributed by atoms with E-state index in [1.54, 1.807) is 13.8 Å². The molecule has 1 heterocycles. The molecule has 0 aromatic heterocycles. The molecule has 0 spiro atoms. The molecule has 6 nitrogen and oxygen atoms in total. The van der Waals surface area contributed by atoms with Gasteiger partial charge >= 0.3 is 0 Å². The Labute approximate surface area is 176 Å². The van der Waals surface area contributed by atoms with Gasteiger partial charge in [0.05, 0.1) is 12.1 Å². The molecule has 0 amide bonds. The minimum atomic E-state index is -1.61. The Morgan fingerprint density at radius 1 is 0.900 bits per heavy atom. The van der Waals surface area contributed by atoms with Crippen molar-refractivity contribution in [2.75, 3.05) is 13.2 Å². The smallest absolute Gasteiger partial charge is 0.293 e. The zero-order valence-electron chi connectivity index (χ0n) is 17.3.